The van der Waals surface area contributed by atoms with Crippen molar-refractivity contribution in [3.8, 4) is 0 Å². The van der Waals surface area contributed by atoms with Crippen LogP contribution in [0.25, 0.3) is 0 Å². The molecule has 1 aromatic carbocycles. The van der Waals surface area contributed by atoms with E-state index >= 15 is 0 Å². The number of carbonyl (C=O) groups excluding carboxylic acids is 2. The van der Waals surface area contributed by atoms with Gasteiger partial charge in [-0.2, -0.15) is 5.10 Å². The van der Waals surface area contributed by atoms with E-state index in [-0.39, 0.29) is 11.8 Å². The molecule has 2 aliphatic rings. The molecule has 1 aromatic heterocycles. The van der Waals surface area contributed by atoms with E-state index < -0.39 is 0 Å². The summed E-state index contributed by atoms with van der Waals surface area (Å²) < 4.78 is 1.67. The fraction of sp³-hybridized carbons (Fsp3) is 0.500. The summed E-state index contributed by atoms with van der Waals surface area (Å²) in [6.45, 7) is 3.46. The minimum absolute atomic E-state index is 0.130. The lowest BCUT2D eigenvalue weighted by molar-refractivity contribution is -0.135. The zero-order valence-electron chi connectivity index (χ0n) is 16.3. The Balaban J connectivity index is 1.19. The third kappa shape index (κ3) is 4.43. The first-order chi connectivity index (χ1) is 13.7. The lowest BCUT2D eigenvalue weighted by Gasteiger charge is -2.33. The van der Waals surface area contributed by atoms with Crippen LogP contribution in [0.5, 0.6) is 0 Å². The molecule has 2 aromatic rings. The smallest absolute Gasteiger partial charge is 0.244 e. The van der Waals surface area contributed by atoms with E-state index in [9.17, 15) is 9.59 Å². The molecular formula is C22H28N4O2. The molecule has 4 rings (SSSR count). The van der Waals surface area contributed by atoms with E-state index in [1.165, 1.54) is 11.1 Å². The minimum Gasteiger partial charge on any atom is -0.341 e. The summed E-state index contributed by atoms with van der Waals surface area (Å²) in [6, 6.07) is 10.2. The Bertz CT molecular complexity index is 810. The van der Waals surface area contributed by atoms with E-state index in [0.717, 1.165) is 51.9 Å². The van der Waals surface area contributed by atoms with Crippen LogP contribution in [0.3, 0.4) is 0 Å². The van der Waals surface area contributed by atoms with Gasteiger partial charge in [0.1, 0.15) is 6.54 Å². The second kappa shape index (κ2) is 8.59. The standard InChI is InChI=1S/C22H28N4O2/c27-21(25-15-10-19-4-1-2-5-20(19)16-25)7-6-18-8-13-24(14-9-18)22(28)17-26-12-3-11-23-26/h1-5,11-12,18H,6-10,13-17H2. The largest absolute Gasteiger partial charge is 0.341 e. The second-order valence-electron chi connectivity index (χ2n) is 7.90. The summed E-state index contributed by atoms with van der Waals surface area (Å²) in [4.78, 5) is 28.9. The first kappa shape index (κ1) is 18.7. The van der Waals surface area contributed by atoms with Gasteiger partial charge in [-0.15, -0.1) is 0 Å². The highest BCUT2D eigenvalue weighted by atomic mass is 16.2. The molecule has 148 valence electrons. The highest BCUT2D eigenvalue weighted by molar-refractivity contribution is 5.77. The van der Waals surface area contributed by atoms with Crippen LogP contribution in [0.4, 0.5) is 0 Å². The summed E-state index contributed by atoms with van der Waals surface area (Å²) in [5.74, 6) is 0.937. The number of aromatic nitrogens is 2. The van der Waals surface area contributed by atoms with Gasteiger partial charge in [-0.05, 0) is 48.8 Å². The number of hydrogen-bond acceptors (Lipinski definition) is 3. The average Bonchev–Trinajstić information content (AvgIpc) is 3.25. The van der Waals surface area contributed by atoms with Gasteiger partial charge in [0, 0.05) is 45.0 Å². The van der Waals surface area contributed by atoms with Crippen molar-refractivity contribution in [1.29, 1.82) is 0 Å². The maximum atomic E-state index is 12.7. The Morgan fingerprint density at radius 1 is 0.964 bits per heavy atom. The van der Waals surface area contributed by atoms with Crippen LogP contribution in [0.1, 0.15) is 36.8 Å². The van der Waals surface area contributed by atoms with Gasteiger partial charge in [0.25, 0.3) is 0 Å². The van der Waals surface area contributed by atoms with Crippen molar-refractivity contribution in [1.82, 2.24) is 19.6 Å². The number of piperidine rings is 1. The summed E-state index contributed by atoms with van der Waals surface area (Å²) in [6.07, 6.45) is 7.99. The van der Waals surface area contributed by atoms with Crippen molar-refractivity contribution in [2.75, 3.05) is 19.6 Å². The molecule has 0 radical (unpaired) electrons. The Kier molecular flexibility index (Phi) is 5.74. The topological polar surface area (TPSA) is 58.4 Å². The van der Waals surface area contributed by atoms with E-state index in [0.29, 0.717) is 18.9 Å². The third-order valence-electron chi connectivity index (χ3n) is 6.07. The fourth-order valence-electron chi connectivity index (χ4n) is 4.30. The molecule has 0 unspecified atom stereocenters. The molecule has 2 amide bonds. The quantitative estimate of drug-likeness (QED) is 0.801. The summed E-state index contributed by atoms with van der Waals surface area (Å²) in [7, 11) is 0. The molecule has 0 aliphatic carbocycles. The lowest BCUT2D eigenvalue weighted by Crippen LogP contribution is -2.40. The van der Waals surface area contributed by atoms with Crippen LogP contribution in [0.2, 0.25) is 0 Å². The zero-order valence-corrected chi connectivity index (χ0v) is 16.3. The predicted molar refractivity (Wildman–Crippen MR) is 106 cm³/mol. The van der Waals surface area contributed by atoms with Gasteiger partial charge in [-0.25, -0.2) is 0 Å². The fourth-order valence-corrected chi connectivity index (χ4v) is 4.30. The molecule has 1 fully saturated rings. The van der Waals surface area contributed by atoms with E-state index in [4.69, 9.17) is 0 Å². The van der Waals surface area contributed by atoms with Gasteiger partial charge < -0.3 is 9.80 Å². The third-order valence-corrected chi connectivity index (χ3v) is 6.07. The van der Waals surface area contributed by atoms with Crippen LogP contribution >= 0.6 is 0 Å². The highest BCUT2D eigenvalue weighted by Crippen LogP contribution is 2.24. The molecule has 1 saturated heterocycles. The van der Waals surface area contributed by atoms with E-state index in [1.807, 2.05) is 28.1 Å². The van der Waals surface area contributed by atoms with E-state index in [1.54, 1.807) is 10.9 Å². The number of hydrogen-bond donors (Lipinski definition) is 0. The average molecular weight is 380 g/mol. The Labute approximate surface area is 166 Å². The van der Waals surface area contributed by atoms with Crippen LogP contribution in [-0.4, -0.2) is 51.0 Å². The minimum atomic E-state index is 0.130. The summed E-state index contributed by atoms with van der Waals surface area (Å²) >= 11 is 0. The molecule has 0 saturated carbocycles. The van der Waals surface area contributed by atoms with Crippen LogP contribution < -0.4 is 0 Å². The van der Waals surface area contributed by atoms with Crippen molar-refractivity contribution in [2.45, 2.75) is 45.2 Å². The Morgan fingerprint density at radius 3 is 2.50 bits per heavy atom. The summed E-state index contributed by atoms with van der Waals surface area (Å²) in [5, 5.41) is 4.10. The van der Waals surface area contributed by atoms with E-state index in [2.05, 4.69) is 23.3 Å². The van der Waals surface area contributed by atoms with Gasteiger partial charge >= 0.3 is 0 Å². The van der Waals surface area contributed by atoms with Crippen LogP contribution in [-0.2, 0) is 29.1 Å². The van der Waals surface area contributed by atoms with Gasteiger partial charge in [-0.1, -0.05) is 24.3 Å². The van der Waals surface area contributed by atoms with Crippen molar-refractivity contribution in [3.63, 3.8) is 0 Å². The van der Waals surface area contributed by atoms with Crippen molar-refractivity contribution in [3.05, 3.63) is 53.9 Å². The Morgan fingerprint density at radius 2 is 1.75 bits per heavy atom. The molecule has 2 aliphatic heterocycles. The van der Waals surface area contributed by atoms with Crippen molar-refractivity contribution in [2.24, 2.45) is 5.92 Å². The maximum Gasteiger partial charge on any atom is 0.244 e. The molecule has 6 heteroatoms. The molecule has 0 bridgehead atoms. The number of nitrogens with zero attached hydrogens (tertiary/aromatic N) is 4. The molecular weight excluding hydrogens is 352 g/mol. The van der Waals surface area contributed by atoms with Crippen LogP contribution in [0.15, 0.2) is 42.7 Å². The predicted octanol–water partition coefficient (Wildman–Crippen LogP) is 2.49. The number of likely N-dealkylation sites (tertiary alicyclic amines) is 1. The number of fused-ring (bicyclic) bond motifs is 1. The summed E-state index contributed by atoms with van der Waals surface area (Å²) in [5.41, 5.74) is 2.66. The van der Waals surface area contributed by atoms with Gasteiger partial charge in [0.15, 0.2) is 0 Å². The number of carbonyl (C=O) groups is 2. The SMILES string of the molecule is O=C(Cn1cccn1)N1CCC(CCC(=O)N2CCc3ccccc3C2)CC1. The number of benzene rings is 1. The van der Waals surface area contributed by atoms with Gasteiger partial charge in [0.05, 0.1) is 0 Å². The molecule has 3 heterocycles. The normalized spacial score (nSPS) is 17.4. The monoisotopic (exact) mass is 380 g/mol. The molecule has 0 N–H and O–H groups in total. The Hall–Kier alpha value is -2.63. The lowest BCUT2D eigenvalue weighted by atomic mass is 9.91. The molecule has 0 atom stereocenters. The second-order valence-corrected chi connectivity index (χ2v) is 7.90. The van der Waals surface area contributed by atoms with Crippen LogP contribution in [0, 0.1) is 5.92 Å². The number of rotatable bonds is 5. The van der Waals surface area contributed by atoms with Gasteiger partial charge in [0.2, 0.25) is 11.8 Å². The molecule has 0 spiro atoms. The number of amides is 2. The highest BCUT2D eigenvalue weighted by Gasteiger charge is 2.25. The molecule has 6 nitrogen and oxygen atoms in total. The van der Waals surface area contributed by atoms with Crippen molar-refractivity contribution >= 4 is 11.8 Å². The maximum absolute atomic E-state index is 12.7. The first-order valence-electron chi connectivity index (χ1n) is 10.3. The van der Waals surface area contributed by atoms with Gasteiger partial charge in [-0.3, -0.25) is 14.3 Å². The zero-order chi connectivity index (χ0) is 19.3. The van der Waals surface area contributed by atoms with Crippen molar-refractivity contribution < 1.29 is 9.59 Å². The first-order valence-corrected chi connectivity index (χ1v) is 10.3. The molecule has 28 heavy (non-hydrogen) atoms.